The molecule has 0 spiro atoms. The maximum absolute atomic E-state index is 13.5. The molecule has 2 heterocycles. The van der Waals surface area contributed by atoms with E-state index in [4.69, 9.17) is 9.47 Å². The van der Waals surface area contributed by atoms with E-state index in [1.165, 1.54) is 0 Å². The average molecular weight is 440 g/mol. The van der Waals surface area contributed by atoms with Crippen LogP contribution >= 0.6 is 0 Å². The molecule has 0 bridgehead atoms. The number of carbonyl (C=O) groups excluding carboxylic acids is 1. The van der Waals surface area contributed by atoms with Gasteiger partial charge in [0.25, 0.3) is 0 Å². The average Bonchev–Trinajstić information content (AvgIpc) is 3.31. The molecule has 3 N–H and O–H groups in total. The lowest BCUT2D eigenvalue weighted by Crippen LogP contribution is -2.41. The molecule has 4 unspecified atom stereocenters. The summed E-state index contributed by atoms with van der Waals surface area (Å²) in [5.41, 5.74) is 8.31. The van der Waals surface area contributed by atoms with Crippen LogP contribution in [0.15, 0.2) is 48.5 Å². The number of nitrogens with one attached hydrogen (secondary N) is 2. The highest BCUT2D eigenvalue weighted by atomic mass is 16.5. The van der Waals surface area contributed by atoms with E-state index in [1.807, 2.05) is 62.1 Å². The number of fused-ring (bicyclic) bond motifs is 1. The van der Waals surface area contributed by atoms with Crippen LogP contribution in [-0.4, -0.2) is 47.8 Å². The molecular weight excluding hydrogens is 406 g/mol. The fourth-order valence-corrected chi connectivity index (χ4v) is 4.87. The van der Waals surface area contributed by atoms with Crippen molar-refractivity contribution >= 4 is 5.91 Å². The summed E-state index contributed by atoms with van der Waals surface area (Å²) in [6.07, 6.45) is 0.929. The molecule has 2 aromatic rings. The number of carbonyl (C=O) groups is 1. The lowest BCUT2D eigenvalue weighted by molar-refractivity contribution is -0.131. The number of ether oxygens (including phenoxy) is 2. The predicted octanol–water partition coefficient (Wildman–Crippen LogP) is 3.32. The summed E-state index contributed by atoms with van der Waals surface area (Å²) < 4.78 is 11.5. The van der Waals surface area contributed by atoms with Gasteiger partial charge < -0.3 is 19.5 Å². The van der Waals surface area contributed by atoms with Crippen LogP contribution in [0, 0.1) is 5.92 Å². The van der Waals surface area contributed by atoms with Gasteiger partial charge in [-0.15, -0.1) is 0 Å². The molecule has 2 aromatic carbocycles. The number of benzene rings is 2. The number of para-hydroxylation sites is 1. The number of rotatable bonds is 9. The topological polar surface area (TPSA) is 83.1 Å². The van der Waals surface area contributed by atoms with E-state index >= 15 is 0 Å². The summed E-state index contributed by atoms with van der Waals surface area (Å²) >= 11 is 0. The van der Waals surface area contributed by atoms with Crippen molar-refractivity contribution < 1.29 is 19.4 Å². The van der Waals surface area contributed by atoms with Crippen LogP contribution < -0.4 is 15.6 Å². The molecule has 1 amide bonds. The van der Waals surface area contributed by atoms with Gasteiger partial charge in [-0.1, -0.05) is 30.3 Å². The number of nitrogens with zero attached hydrogens (tertiary/aromatic N) is 1. The molecule has 2 aliphatic heterocycles. The fraction of sp³-hybridized carbons (Fsp3) is 0.480. The predicted molar refractivity (Wildman–Crippen MR) is 122 cm³/mol. The van der Waals surface area contributed by atoms with Crippen molar-refractivity contribution in [3.8, 4) is 11.5 Å². The summed E-state index contributed by atoms with van der Waals surface area (Å²) in [5.74, 6) is 1.00. The molecule has 0 saturated carbocycles. The Kier molecular flexibility index (Phi) is 6.98. The van der Waals surface area contributed by atoms with E-state index in [2.05, 4.69) is 16.9 Å². The molecule has 4 atom stereocenters. The third kappa shape index (κ3) is 4.46. The van der Waals surface area contributed by atoms with Gasteiger partial charge >= 0.3 is 0 Å². The summed E-state index contributed by atoms with van der Waals surface area (Å²) in [4.78, 5) is 15.4. The number of phenolic OH excluding ortho intramolecular Hbond substituents is 1. The van der Waals surface area contributed by atoms with E-state index in [0.29, 0.717) is 19.8 Å². The summed E-state index contributed by atoms with van der Waals surface area (Å²) in [5, 5.41) is 10.5. The molecule has 2 fully saturated rings. The van der Waals surface area contributed by atoms with Crippen LogP contribution in [0.3, 0.4) is 0 Å². The van der Waals surface area contributed by atoms with Gasteiger partial charge in [-0.3, -0.25) is 4.79 Å². The Balaban J connectivity index is 1.67. The molecule has 2 saturated heterocycles. The van der Waals surface area contributed by atoms with E-state index in [9.17, 15) is 9.90 Å². The van der Waals surface area contributed by atoms with Gasteiger partial charge in [0.2, 0.25) is 5.91 Å². The Labute approximate surface area is 189 Å². The molecule has 172 valence electrons. The normalized spacial score (nSPS) is 24.9. The van der Waals surface area contributed by atoms with E-state index in [-0.39, 0.29) is 41.8 Å². The van der Waals surface area contributed by atoms with Crippen molar-refractivity contribution in [2.45, 2.75) is 51.4 Å². The number of phenols is 1. The quantitative estimate of drug-likeness (QED) is 0.520. The SMILES string of the molecule is CCOc1cccc(C2C3C(NNC3c3ccccc3O)C(=O)N2CCCOC(C)C)c1. The van der Waals surface area contributed by atoms with Crippen molar-refractivity contribution in [3.63, 3.8) is 0 Å². The van der Waals surface area contributed by atoms with Gasteiger partial charge in [-0.05, 0) is 51.0 Å². The van der Waals surface area contributed by atoms with Gasteiger partial charge in [0.05, 0.1) is 24.8 Å². The zero-order valence-electron chi connectivity index (χ0n) is 19.0. The maximum Gasteiger partial charge on any atom is 0.242 e. The smallest absolute Gasteiger partial charge is 0.242 e. The minimum Gasteiger partial charge on any atom is -0.508 e. The minimum absolute atomic E-state index is 0.0665. The standard InChI is InChI=1S/C25H33N3O4/c1-4-31-18-10-7-9-17(15-18)24-21-22(19-11-5-6-12-20(19)29)26-27-23(21)25(30)28(24)13-8-14-32-16(2)3/h5-7,9-12,15-16,21-24,26-27,29H,4,8,13-14H2,1-3H3. The monoisotopic (exact) mass is 439 g/mol. The Bertz CT molecular complexity index is 935. The van der Waals surface area contributed by atoms with Crippen LogP contribution in [0.2, 0.25) is 0 Å². The number of hydrazine groups is 1. The second-order valence-electron chi connectivity index (χ2n) is 8.64. The first-order valence-corrected chi connectivity index (χ1v) is 11.4. The van der Waals surface area contributed by atoms with Crippen LogP contribution in [0.1, 0.15) is 50.4 Å². The van der Waals surface area contributed by atoms with Crippen molar-refractivity contribution in [1.82, 2.24) is 15.8 Å². The Morgan fingerprint density at radius 1 is 1.09 bits per heavy atom. The van der Waals surface area contributed by atoms with Crippen LogP contribution in [-0.2, 0) is 9.53 Å². The van der Waals surface area contributed by atoms with Crippen molar-refractivity contribution in [3.05, 3.63) is 59.7 Å². The second-order valence-corrected chi connectivity index (χ2v) is 8.64. The Morgan fingerprint density at radius 2 is 1.88 bits per heavy atom. The molecule has 0 radical (unpaired) electrons. The first-order chi connectivity index (χ1) is 15.5. The minimum atomic E-state index is -0.369. The lowest BCUT2D eigenvalue weighted by Gasteiger charge is -2.31. The molecule has 4 rings (SSSR count). The van der Waals surface area contributed by atoms with E-state index in [0.717, 1.165) is 23.3 Å². The highest BCUT2D eigenvalue weighted by molar-refractivity contribution is 5.86. The lowest BCUT2D eigenvalue weighted by atomic mass is 9.83. The van der Waals surface area contributed by atoms with Gasteiger partial charge in [-0.25, -0.2) is 10.9 Å². The third-order valence-corrected chi connectivity index (χ3v) is 6.19. The first-order valence-electron chi connectivity index (χ1n) is 11.4. The third-order valence-electron chi connectivity index (χ3n) is 6.19. The van der Waals surface area contributed by atoms with Gasteiger partial charge in [0, 0.05) is 24.6 Å². The van der Waals surface area contributed by atoms with E-state index in [1.54, 1.807) is 6.07 Å². The zero-order chi connectivity index (χ0) is 22.7. The summed E-state index contributed by atoms with van der Waals surface area (Å²) in [7, 11) is 0. The first kappa shape index (κ1) is 22.6. The zero-order valence-corrected chi connectivity index (χ0v) is 19.0. The fourth-order valence-electron chi connectivity index (χ4n) is 4.87. The largest absolute Gasteiger partial charge is 0.508 e. The summed E-state index contributed by atoms with van der Waals surface area (Å²) in [6.45, 7) is 7.79. The van der Waals surface area contributed by atoms with Gasteiger partial charge in [0.15, 0.2) is 0 Å². The molecule has 32 heavy (non-hydrogen) atoms. The number of hydrogen-bond donors (Lipinski definition) is 3. The highest BCUT2D eigenvalue weighted by Gasteiger charge is 2.55. The van der Waals surface area contributed by atoms with Crippen LogP contribution in [0.4, 0.5) is 0 Å². The van der Waals surface area contributed by atoms with Gasteiger partial charge in [-0.2, -0.15) is 0 Å². The second kappa shape index (κ2) is 9.90. The summed E-state index contributed by atoms with van der Waals surface area (Å²) in [6, 6.07) is 14.6. The molecule has 7 nitrogen and oxygen atoms in total. The Hall–Kier alpha value is -2.61. The van der Waals surface area contributed by atoms with Gasteiger partial charge in [0.1, 0.15) is 17.5 Å². The Morgan fingerprint density at radius 3 is 2.62 bits per heavy atom. The van der Waals surface area contributed by atoms with Crippen molar-refractivity contribution in [1.29, 1.82) is 0 Å². The van der Waals surface area contributed by atoms with Crippen LogP contribution in [0.25, 0.3) is 0 Å². The van der Waals surface area contributed by atoms with Crippen molar-refractivity contribution in [2.24, 2.45) is 5.92 Å². The number of likely N-dealkylation sites (tertiary alicyclic amines) is 1. The maximum atomic E-state index is 13.5. The van der Waals surface area contributed by atoms with Crippen LogP contribution in [0.5, 0.6) is 11.5 Å². The van der Waals surface area contributed by atoms with E-state index < -0.39 is 0 Å². The molecular formula is C25H33N3O4. The van der Waals surface area contributed by atoms with Crippen molar-refractivity contribution in [2.75, 3.05) is 19.8 Å². The molecule has 7 heteroatoms. The number of hydrogen-bond acceptors (Lipinski definition) is 6. The molecule has 0 aromatic heterocycles. The highest BCUT2D eigenvalue weighted by Crippen LogP contribution is 2.48. The number of aromatic hydroxyl groups is 1. The molecule has 2 aliphatic rings. The number of amides is 1. The molecule has 0 aliphatic carbocycles.